The lowest BCUT2D eigenvalue weighted by Crippen LogP contribution is -2.31. The summed E-state index contributed by atoms with van der Waals surface area (Å²) in [7, 11) is 2.23. The molecule has 0 aliphatic rings. The Kier molecular flexibility index (Phi) is 7.76. The van der Waals surface area contributed by atoms with Crippen LogP contribution >= 0.6 is 0 Å². The Hall–Kier alpha value is -0.300. The molecule has 0 aliphatic carbocycles. The van der Waals surface area contributed by atoms with Gasteiger partial charge < -0.3 is 4.90 Å². The number of rotatable bonds is 8. The topological polar surface area (TPSA) is 3.24 Å². The van der Waals surface area contributed by atoms with Crippen LogP contribution in [0.4, 0.5) is 0 Å². The van der Waals surface area contributed by atoms with Gasteiger partial charge in [0, 0.05) is 13.1 Å². The summed E-state index contributed by atoms with van der Waals surface area (Å²) in [6.07, 6.45) is 4.49. The molecule has 2 atom stereocenters. The van der Waals surface area contributed by atoms with Crippen molar-refractivity contribution in [3.05, 3.63) is 12.7 Å². The molecule has 0 fully saturated rings. The largest absolute Gasteiger partial charge is 0.306 e. The van der Waals surface area contributed by atoms with Crippen LogP contribution in [0.5, 0.6) is 0 Å². The highest BCUT2D eigenvalue weighted by atomic mass is 15.1. The van der Waals surface area contributed by atoms with Crippen LogP contribution in [-0.4, -0.2) is 25.0 Å². The summed E-state index contributed by atoms with van der Waals surface area (Å²) < 4.78 is 0. The van der Waals surface area contributed by atoms with E-state index in [-0.39, 0.29) is 0 Å². The van der Waals surface area contributed by atoms with Crippen LogP contribution in [0, 0.1) is 17.8 Å². The summed E-state index contributed by atoms with van der Waals surface area (Å²) in [6, 6.07) is 0. The first-order valence-corrected chi connectivity index (χ1v) is 6.30. The van der Waals surface area contributed by atoms with Gasteiger partial charge >= 0.3 is 0 Å². The van der Waals surface area contributed by atoms with E-state index in [0.717, 1.165) is 24.2 Å². The Morgan fingerprint density at radius 1 is 1.20 bits per heavy atom. The fourth-order valence-electron chi connectivity index (χ4n) is 2.13. The lowest BCUT2D eigenvalue weighted by molar-refractivity contribution is 0.209. The lowest BCUT2D eigenvalue weighted by Gasteiger charge is -2.28. The first kappa shape index (κ1) is 14.7. The minimum absolute atomic E-state index is 0.760. The van der Waals surface area contributed by atoms with Gasteiger partial charge in [0.05, 0.1) is 0 Å². The Labute approximate surface area is 96.6 Å². The van der Waals surface area contributed by atoms with Crippen LogP contribution in [0.1, 0.15) is 40.5 Å². The maximum atomic E-state index is 3.87. The molecule has 0 amide bonds. The smallest absolute Gasteiger partial charge is 0.00122 e. The second kappa shape index (κ2) is 7.92. The van der Waals surface area contributed by atoms with Crippen molar-refractivity contribution >= 4 is 0 Å². The third-order valence-electron chi connectivity index (χ3n) is 3.14. The van der Waals surface area contributed by atoms with E-state index in [1.807, 2.05) is 0 Å². The van der Waals surface area contributed by atoms with E-state index < -0.39 is 0 Å². The third kappa shape index (κ3) is 6.72. The van der Waals surface area contributed by atoms with Crippen molar-refractivity contribution in [3.8, 4) is 0 Å². The molecule has 0 aromatic rings. The summed E-state index contributed by atoms with van der Waals surface area (Å²) in [5, 5.41) is 0. The molecule has 0 saturated carbocycles. The highest BCUT2D eigenvalue weighted by Crippen LogP contribution is 2.20. The van der Waals surface area contributed by atoms with Crippen molar-refractivity contribution in [2.24, 2.45) is 17.8 Å². The maximum absolute atomic E-state index is 3.87. The van der Waals surface area contributed by atoms with E-state index in [2.05, 4.69) is 52.3 Å². The molecule has 0 aromatic heterocycles. The molecule has 2 unspecified atom stereocenters. The van der Waals surface area contributed by atoms with Gasteiger partial charge in [-0.15, -0.1) is 6.58 Å². The first-order valence-electron chi connectivity index (χ1n) is 6.30. The Morgan fingerprint density at radius 3 is 2.20 bits per heavy atom. The van der Waals surface area contributed by atoms with Crippen molar-refractivity contribution in [1.82, 2.24) is 4.90 Å². The van der Waals surface area contributed by atoms with E-state index >= 15 is 0 Å². The van der Waals surface area contributed by atoms with Crippen LogP contribution in [0.15, 0.2) is 12.7 Å². The molecule has 0 radical (unpaired) electrons. The van der Waals surface area contributed by atoms with Crippen LogP contribution in [0.3, 0.4) is 0 Å². The summed E-state index contributed by atoms with van der Waals surface area (Å²) in [5.41, 5.74) is 0. The molecule has 0 aliphatic heterocycles. The average molecular weight is 211 g/mol. The minimum Gasteiger partial charge on any atom is -0.306 e. The van der Waals surface area contributed by atoms with Gasteiger partial charge in [-0.05, 0) is 31.2 Å². The zero-order valence-electron chi connectivity index (χ0n) is 11.3. The van der Waals surface area contributed by atoms with Gasteiger partial charge in [0.25, 0.3) is 0 Å². The molecule has 0 spiro atoms. The first-order chi connectivity index (χ1) is 7.01. The standard InChI is InChI=1S/C14H29N/c1-7-9-14(13(5)8-2)11-15(6)10-12(3)4/h7,12-14H,1,8-11H2,2-6H3. The van der Waals surface area contributed by atoms with E-state index in [1.54, 1.807) is 0 Å². The van der Waals surface area contributed by atoms with Crippen molar-refractivity contribution in [1.29, 1.82) is 0 Å². The Balaban J connectivity index is 4.08. The minimum atomic E-state index is 0.760. The van der Waals surface area contributed by atoms with Gasteiger partial charge in [0.2, 0.25) is 0 Å². The van der Waals surface area contributed by atoms with E-state index in [4.69, 9.17) is 0 Å². The highest BCUT2D eigenvalue weighted by Gasteiger charge is 2.16. The predicted octanol–water partition coefficient (Wildman–Crippen LogP) is 3.81. The van der Waals surface area contributed by atoms with Gasteiger partial charge in [-0.2, -0.15) is 0 Å². The molecule has 1 heteroatoms. The lowest BCUT2D eigenvalue weighted by atomic mass is 9.88. The van der Waals surface area contributed by atoms with Gasteiger partial charge in [-0.3, -0.25) is 0 Å². The van der Waals surface area contributed by atoms with E-state index in [0.29, 0.717) is 0 Å². The van der Waals surface area contributed by atoms with Gasteiger partial charge in [-0.25, -0.2) is 0 Å². The zero-order valence-corrected chi connectivity index (χ0v) is 11.3. The van der Waals surface area contributed by atoms with Crippen molar-refractivity contribution in [2.45, 2.75) is 40.5 Å². The molecule has 1 nitrogen and oxygen atoms in total. The van der Waals surface area contributed by atoms with Gasteiger partial charge in [-0.1, -0.05) is 40.2 Å². The van der Waals surface area contributed by atoms with Crippen molar-refractivity contribution in [2.75, 3.05) is 20.1 Å². The van der Waals surface area contributed by atoms with Gasteiger partial charge in [0.15, 0.2) is 0 Å². The van der Waals surface area contributed by atoms with E-state index in [9.17, 15) is 0 Å². The summed E-state index contributed by atoms with van der Waals surface area (Å²) in [6.45, 7) is 15.5. The summed E-state index contributed by atoms with van der Waals surface area (Å²) in [5.74, 6) is 2.34. The number of allylic oxidation sites excluding steroid dienone is 1. The molecule has 90 valence electrons. The monoisotopic (exact) mass is 211 g/mol. The SMILES string of the molecule is C=CCC(CN(C)CC(C)C)C(C)CC. The Morgan fingerprint density at radius 2 is 1.80 bits per heavy atom. The molecule has 15 heavy (non-hydrogen) atoms. The van der Waals surface area contributed by atoms with E-state index in [1.165, 1.54) is 19.5 Å². The molecule has 0 saturated heterocycles. The quantitative estimate of drug-likeness (QED) is 0.552. The van der Waals surface area contributed by atoms with Crippen molar-refractivity contribution < 1.29 is 0 Å². The van der Waals surface area contributed by atoms with Crippen LogP contribution < -0.4 is 0 Å². The summed E-state index contributed by atoms with van der Waals surface area (Å²) in [4.78, 5) is 2.46. The summed E-state index contributed by atoms with van der Waals surface area (Å²) >= 11 is 0. The second-order valence-electron chi connectivity index (χ2n) is 5.29. The highest BCUT2D eigenvalue weighted by molar-refractivity contribution is 4.78. The van der Waals surface area contributed by atoms with Crippen LogP contribution in [0.25, 0.3) is 0 Å². The molecule has 0 bridgehead atoms. The van der Waals surface area contributed by atoms with Crippen molar-refractivity contribution in [3.63, 3.8) is 0 Å². The molecule has 0 aromatic carbocycles. The zero-order chi connectivity index (χ0) is 11.8. The molecular formula is C14H29N. The fraction of sp³-hybridized carbons (Fsp3) is 0.857. The number of nitrogens with zero attached hydrogens (tertiary/aromatic N) is 1. The molecule has 0 N–H and O–H groups in total. The maximum Gasteiger partial charge on any atom is 0.00122 e. The second-order valence-corrected chi connectivity index (χ2v) is 5.29. The normalized spacial score (nSPS) is 15.7. The van der Waals surface area contributed by atoms with Gasteiger partial charge in [0.1, 0.15) is 0 Å². The molecular weight excluding hydrogens is 182 g/mol. The number of hydrogen-bond acceptors (Lipinski definition) is 1. The number of hydrogen-bond donors (Lipinski definition) is 0. The fourth-order valence-corrected chi connectivity index (χ4v) is 2.13. The average Bonchev–Trinajstić information content (AvgIpc) is 2.14. The Bertz CT molecular complexity index is 163. The van der Waals surface area contributed by atoms with Crippen LogP contribution in [-0.2, 0) is 0 Å². The molecule has 0 heterocycles. The third-order valence-corrected chi connectivity index (χ3v) is 3.14. The predicted molar refractivity (Wildman–Crippen MR) is 70.1 cm³/mol. The molecule has 0 rings (SSSR count). The van der Waals surface area contributed by atoms with Crippen LogP contribution in [0.2, 0.25) is 0 Å².